The molecule has 11 heteroatoms. The molecular weight excluding hydrogens is 481 g/mol. The molecule has 0 amide bonds. The number of carbonyl (C=O) groups is 1. The Hall–Kier alpha value is -3.18. The predicted octanol–water partition coefficient (Wildman–Crippen LogP) is 6.21. The highest BCUT2D eigenvalue weighted by atomic mass is 32.1. The summed E-state index contributed by atoms with van der Waals surface area (Å²) < 4.78 is 49.3. The van der Waals surface area contributed by atoms with Crippen molar-refractivity contribution >= 4 is 49.4 Å². The van der Waals surface area contributed by atoms with E-state index in [4.69, 9.17) is 4.74 Å². The van der Waals surface area contributed by atoms with Crippen molar-refractivity contribution in [2.75, 3.05) is 18.5 Å². The molecule has 184 valence electrons. The Kier molecular flexibility index (Phi) is 6.37. The molecule has 35 heavy (non-hydrogen) atoms. The molecule has 7 nitrogen and oxygen atoms in total. The van der Waals surface area contributed by atoms with Gasteiger partial charge in [0, 0.05) is 38.3 Å². The SMILES string of the molecule is Cn1c(Nc2nc3ccc(OC(F)(F)F)cc3s2)nc2cc(C(=O)CCC3CCOCC3)ccc21. The van der Waals surface area contributed by atoms with Gasteiger partial charge < -0.3 is 19.4 Å². The molecule has 0 spiro atoms. The van der Waals surface area contributed by atoms with Crippen LogP contribution in [-0.2, 0) is 11.8 Å². The number of anilines is 2. The lowest BCUT2D eigenvalue weighted by Crippen LogP contribution is -2.16. The van der Waals surface area contributed by atoms with Gasteiger partial charge >= 0.3 is 6.36 Å². The zero-order chi connectivity index (χ0) is 24.6. The van der Waals surface area contributed by atoms with E-state index in [1.54, 1.807) is 6.07 Å². The monoisotopic (exact) mass is 504 g/mol. The number of alkyl halides is 3. The Bertz CT molecular complexity index is 1380. The highest BCUT2D eigenvalue weighted by molar-refractivity contribution is 7.22. The maximum Gasteiger partial charge on any atom is 0.573 e. The van der Waals surface area contributed by atoms with Gasteiger partial charge in [0.05, 0.1) is 21.3 Å². The summed E-state index contributed by atoms with van der Waals surface area (Å²) in [5, 5.41) is 3.62. The van der Waals surface area contributed by atoms with Crippen LogP contribution in [0.5, 0.6) is 5.75 Å². The van der Waals surface area contributed by atoms with Gasteiger partial charge in [0.2, 0.25) is 5.95 Å². The number of aromatic nitrogens is 3. The van der Waals surface area contributed by atoms with E-state index in [1.165, 1.54) is 29.5 Å². The van der Waals surface area contributed by atoms with Crippen LogP contribution in [0.3, 0.4) is 0 Å². The minimum absolute atomic E-state index is 0.0987. The number of ether oxygens (including phenoxy) is 2. The largest absolute Gasteiger partial charge is 0.573 e. The molecule has 0 radical (unpaired) electrons. The molecule has 2 aromatic carbocycles. The Labute approximate surface area is 202 Å². The van der Waals surface area contributed by atoms with Gasteiger partial charge in [-0.1, -0.05) is 11.3 Å². The molecule has 5 rings (SSSR count). The Morgan fingerprint density at radius 1 is 1.17 bits per heavy atom. The quantitative estimate of drug-likeness (QED) is 0.301. The first kappa shape index (κ1) is 23.6. The molecule has 0 bridgehead atoms. The maximum atomic E-state index is 12.8. The summed E-state index contributed by atoms with van der Waals surface area (Å²) in [5.41, 5.74) is 2.69. The zero-order valence-electron chi connectivity index (χ0n) is 18.9. The van der Waals surface area contributed by atoms with E-state index < -0.39 is 6.36 Å². The molecule has 4 aromatic rings. The van der Waals surface area contributed by atoms with Crippen molar-refractivity contribution in [1.29, 1.82) is 0 Å². The first-order valence-corrected chi connectivity index (χ1v) is 12.1. The van der Waals surface area contributed by atoms with E-state index in [9.17, 15) is 18.0 Å². The van der Waals surface area contributed by atoms with Crippen molar-refractivity contribution in [1.82, 2.24) is 14.5 Å². The van der Waals surface area contributed by atoms with E-state index >= 15 is 0 Å². The summed E-state index contributed by atoms with van der Waals surface area (Å²) >= 11 is 1.19. The van der Waals surface area contributed by atoms with Crippen molar-refractivity contribution in [3.05, 3.63) is 42.0 Å². The number of nitrogens with one attached hydrogen (secondary N) is 1. The summed E-state index contributed by atoms with van der Waals surface area (Å²) in [6.07, 6.45) is -1.38. The number of halogens is 3. The molecule has 0 aliphatic carbocycles. The average Bonchev–Trinajstić information content (AvgIpc) is 3.36. The first-order chi connectivity index (χ1) is 16.7. The first-order valence-electron chi connectivity index (χ1n) is 11.3. The van der Waals surface area contributed by atoms with Crippen LogP contribution in [0.25, 0.3) is 21.3 Å². The second kappa shape index (κ2) is 9.46. The number of rotatable bonds is 7. The average molecular weight is 505 g/mol. The fourth-order valence-corrected chi connectivity index (χ4v) is 5.14. The lowest BCUT2D eigenvalue weighted by Gasteiger charge is -2.21. The van der Waals surface area contributed by atoms with E-state index in [-0.39, 0.29) is 11.5 Å². The Morgan fingerprint density at radius 3 is 2.74 bits per heavy atom. The van der Waals surface area contributed by atoms with Gasteiger partial charge in [0.15, 0.2) is 10.9 Å². The van der Waals surface area contributed by atoms with Crippen molar-refractivity contribution < 1.29 is 27.4 Å². The number of imidazole rings is 1. The van der Waals surface area contributed by atoms with Crippen LogP contribution in [0.4, 0.5) is 24.3 Å². The normalized spacial score (nSPS) is 15.1. The highest BCUT2D eigenvalue weighted by Crippen LogP contribution is 2.33. The molecule has 0 unspecified atom stereocenters. The summed E-state index contributed by atoms with van der Waals surface area (Å²) in [6.45, 7) is 1.54. The third-order valence-corrected chi connectivity index (χ3v) is 7.07. The van der Waals surface area contributed by atoms with Crippen molar-refractivity contribution in [2.45, 2.75) is 32.0 Å². The predicted molar refractivity (Wildman–Crippen MR) is 127 cm³/mol. The number of thiazole rings is 1. The second-order valence-electron chi connectivity index (χ2n) is 8.54. The Morgan fingerprint density at radius 2 is 1.97 bits per heavy atom. The number of benzene rings is 2. The lowest BCUT2D eigenvalue weighted by atomic mass is 9.92. The van der Waals surface area contributed by atoms with Crippen LogP contribution in [0.15, 0.2) is 36.4 Å². The molecule has 1 saturated heterocycles. The number of fused-ring (bicyclic) bond motifs is 2. The van der Waals surface area contributed by atoms with Gasteiger partial charge in [-0.25, -0.2) is 9.97 Å². The molecule has 1 fully saturated rings. The number of hydrogen-bond acceptors (Lipinski definition) is 7. The van der Waals surface area contributed by atoms with Crippen LogP contribution < -0.4 is 10.1 Å². The highest BCUT2D eigenvalue weighted by Gasteiger charge is 2.31. The molecule has 1 aliphatic rings. The van der Waals surface area contributed by atoms with E-state index in [1.807, 2.05) is 23.7 Å². The topological polar surface area (TPSA) is 78.3 Å². The number of carbonyl (C=O) groups excluding carboxylic acids is 1. The maximum absolute atomic E-state index is 12.8. The van der Waals surface area contributed by atoms with Crippen LogP contribution >= 0.6 is 11.3 Å². The van der Waals surface area contributed by atoms with Crippen molar-refractivity contribution in [3.63, 3.8) is 0 Å². The van der Waals surface area contributed by atoms with Gasteiger partial charge in [0.1, 0.15) is 5.75 Å². The van der Waals surface area contributed by atoms with Gasteiger partial charge in [-0.15, -0.1) is 13.2 Å². The van der Waals surface area contributed by atoms with Gasteiger partial charge in [-0.05, 0) is 55.5 Å². The number of nitrogens with zero attached hydrogens (tertiary/aromatic N) is 3. The van der Waals surface area contributed by atoms with E-state index in [0.717, 1.165) is 38.0 Å². The fraction of sp³-hybridized carbons (Fsp3) is 0.375. The van der Waals surface area contributed by atoms with E-state index in [0.29, 0.717) is 44.7 Å². The standard InChI is InChI=1S/C24H23F3N4O3S/c1-31-19-6-3-15(20(32)7-2-14-8-10-33-11-9-14)12-18(19)28-22(31)30-23-29-17-5-4-16(13-21(17)35-23)34-24(25,26)27/h3-6,12-14H,2,7-11H2,1H3,(H,28,29,30). The molecule has 0 saturated carbocycles. The number of hydrogen-bond donors (Lipinski definition) is 1. The fourth-order valence-electron chi connectivity index (χ4n) is 4.25. The van der Waals surface area contributed by atoms with Gasteiger partial charge in [-0.3, -0.25) is 4.79 Å². The minimum Gasteiger partial charge on any atom is -0.406 e. The molecule has 3 heterocycles. The summed E-state index contributed by atoms with van der Waals surface area (Å²) in [5.74, 6) is 0.850. The van der Waals surface area contributed by atoms with Crippen LogP contribution in [0.1, 0.15) is 36.0 Å². The van der Waals surface area contributed by atoms with Crippen LogP contribution in [-0.4, -0.2) is 39.9 Å². The second-order valence-corrected chi connectivity index (χ2v) is 9.57. The molecule has 2 aromatic heterocycles. The van der Waals surface area contributed by atoms with Crippen molar-refractivity contribution in [3.8, 4) is 5.75 Å². The van der Waals surface area contributed by atoms with Crippen LogP contribution in [0, 0.1) is 5.92 Å². The zero-order valence-corrected chi connectivity index (χ0v) is 19.7. The van der Waals surface area contributed by atoms with Gasteiger partial charge in [-0.2, -0.15) is 0 Å². The minimum atomic E-state index is -4.75. The molecule has 1 N–H and O–H groups in total. The molecule has 0 atom stereocenters. The molecular formula is C24H23F3N4O3S. The Balaban J connectivity index is 1.32. The van der Waals surface area contributed by atoms with E-state index in [2.05, 4.69) is 20.0 Å². The smallest absolute Gasteiger partial charge is 0.406 e. The van der Waals surface area contributed by atoms with Crippen LogP contribution in [0.2, 0.25) is 0 Å². The van der Waals surface area contributed by atoms with Gasteiger partial charge in [0.25, 0.3) is 0 Å². The summed E-state index contributed by atoms with van der Waals surface area (Å²) in [4.78, 5) is 21.8. The third kappa shape index (κ3) is 5.40. The third-order valence-electron chi connectivity index (χ3n) is 6.14. The number of ketones is 1. The summed E-state index contributed by atoms with van der Waals surface area (Å²) in [7, 11) is 1.84. The number of Topliss-reactive ketones (excluding diaryl/α,β-unsaturated/α-hetero) is 1. The summed E-state index contributed by atoms with van der Waals surface area (Å²) in [6, 6.07) is 9.50. The van der Waals surface area contributed by atoms with Crippen molar-refractivity contribution in [2.24, 2.45) is 13.0 Å². The lowest BCUT2D eigenvalue weighted by molar-refractivity contribution is -0.274. The number of aryl methyl sites for hydroxylation is 1. The molecule has 1 aliphatic heterocycles.